The molecular weight excluding hydrogens is 314 g/mol. The fourth-order valence-corrected chi connectivity index (χ4v) is 3.32. The van der Waals surface area contributed by atoms with Crippen molar-refractivity contribution in [3.8, 4) is 5.69 Å². The molecule has 1 aliphatic carbocycles. The smallest absolute Gasteiger partial charge is 0.175 e. The van der Waals surface area contributed by atoms with Gasteiger partial charge in [-0.1, -0.05) is 5.21 Å². The van der Waals surface area contributed by atoms with E-state index >= 15 is 0 Å². The monoisotopic (exact) mass is 329 g/mol. The molecular formula is C15H15N5O2S. The SMILES string of the molecule is CS(=O)(=O)c1ccc(-n2cc(C3(n4cccn4)CC3)nn2)cc1. The van der Waals surface area contributed by atoms with Gasteiger partial charge in [0.1, 0.15) is 11.2 Å². The van der Waals surface area contributed by atoms with Gasteiger partial charge in [-0.05, 0) is 43.2 Å². The summed E-state index contributed by atoms with van der Waals surface area (Å²) in [7, 11) is -3.20. The number of hydrogen-bond donors (Lipinski definition) is 0. The molecule has 0 radical (unpaired) electrons. The fraction of sp³-hybridized carbons (Fsp3) is 0.267. The lowest BCUT2D eigenvalue weighted by atomic mass is 10.2. The first-order valence-electron chi connectivity index (χ1n) is 7.22. The van der Waals surface area contributed by atoms with E-state index in [9.17, 15) is 8.42 Å². The highest BCUT2D eigenvalue weighted by atomic mass is 32.2. The van der Waals surface area contributed by atoms with E-state index in [4.69, 9.17) is 0 Å². The third-order valence-corrected chi connectivity index (χ3v) is 5.29. The number of rotatable bonds is 4. The van der Waals surface area contributed by atoms with Gasteiger partial charge in [-0.25, -0.2) is 13.1 Å². The molecule has 1 aliphatic rings. The third-order valence-electron chi connectivity index (χ3n) is 4.17. The van der Waals surface area contributed by atoms with Gasteiger partial charge in [0.2, 0.25) is 0 Å². The van der Waals surface area contributed by atoms with Crippen LogP contribution in [-0.4, -0.2) is 39.4 Å². The van der Waals surface area contributed by atoms with Gasteiger partial charge in [-0.15, -0.1) is 5.10 Å². The molecule has 0 aliphatic heterocycles. The van der Waals surface area contributed by atoms with Crippen molar-refractivity contribution in [3.05, 3.63) is 54.6 Å². The predicted octanol–water partition coefficient (Wildman–Crippen LogP) is 1.40. The largest absolute Gasteiger partial charge is 0.260 e. The van der Waals surface area contributed by atoms with Crippen molar-refractivity contribution in [1.29, 1.82) is 0 Å². The Kier molecular flexibility index (Phi) is 2.92. The molecule has 0 saturated heterocycles. The molecule has 0 bridgehead atoms. The maximum absolute atomic E-state index is 11.5. The number of aromatic nitrogens is 5. The van der Waals surface area contributed by atoms with Crippen molar-refractivity contribution in [1.82, 2.24) is 24.8 Å². The van der Waals surface area contributed by atoms with Crippen LogP contribution < -0.4 is 0 Å². The molecule has 7 nitrogen and oxygen atoms in total. The summed E-state index contributed by atoms with van der Waals surface area (Å²) >= 11 is 0. The van der Waals surface area contributed by atoms with Gasteiger partial charge in [0.05, 0.1) is 16.8 Å². The summed E-state index contributed by atoms with van der Waals surface area (Å²) in [6.07, 6.45) is 8.74. The van der Waals surface area contributed by atoms with Crippen LogP contribution in [0.4, 0.5) is 0 Å². The molecule has 23 heavy (non-hydrogen) atoms. The molecule has 2 aromatic heterocycles. The predicted molar refractivity (Wildman–Crippen MR) is 83.0 cm³/mol. The summed E-state index contributed by atoms with van der Waals surface area (Å²) < 4.78 is 26.6. The highest BCUT2D eigenvalue weighted by Gasteiger charge is 2.49. The van der Waals surface area contributed by atoms with Crippen molar-refractivity contribution in [3.63, 3.8) is 0 Å². The molecule has 3 aromatic rings. The quantitative estimate of drug-likeness (QED) is 0.722. The summed E-state index contributed by atoms with van der Waals surface area (Å²) in [5, 5.41) is 12.8. The molecule has 4 rings (SSSR count). The molecule has 1 aromatic carbocycles. The number of nitrogens with zero attached hydrogens (tertiary/aromatic N) is 5. The van der Waals surface area contributed by atoms with Crippen molar-refractivity contribution < 1.29 is 8.42 Å². The Labute approximate surface area is 133 Å². The summed E-state index contributed by atoms with van der Waals surface area (Å²) in [5.74, 6) is 0. The summed E-state index contributed by atoms with van der Waals surface area (Å²) in [5.41, 5.74) is 1.45. The first-order chi connectivity index (χ1) is 11.0. The molecule has 8 heteroatoms. The highest BCUT2D eigenvalue weighted by Crippen LogP contribution is 2.47. The van der Waals surface area contributed by atoms with Crippen LogP contribution in [0.25, 0.3) is 5.69 Å². The van der Waals surface area contributed by atoms with Crippen LogP contribution in [0.15, 0.2) is 53.8 Å². The van der Waals surface area contributed by atoms with Crippen molar-refractivity contribution in [2.24, 2.45) is 0 Å². The number of benzene rings is 1. The second kappa shape index (κ2) is 4.76. The van der Waals surface area contributed by atoms with Gasteiger partial charge >= 0.3 is 0 Å². The standard InChI is InChI=1S/C15H15N5O2S/c1-23(21,22)13-5-3-12(4-6-13)19-11-14(17-18-19)15(7-8-15)20-10-2-9-16-20/h2-6,9-11H,7-8H2,1H3. The Morgan fingerprint density at radius 2 is 1.91 bits per heavy atom. The number of hydrogen-bond acceptors (Lipinski definition) is 5. The zero-order chi connectivity index (χ0) is 16.1. The van der Waals surface area contributed by atoms with Crippen LogP contribution in [-0.2, 0) is 15.4 Å². The minimum atomic E-state index is -3.20. The van der Waals surface area contributed by atoms with E-state index in [-0.39, 0.29) is 10.4 Å². The van der Waals surface area contributed by atoms with Gasteiger partial charge in [-0.3, -0.25) is 4.68 Å². The van der Waals surface area contributed by atoms with Crippen LogP contribution >= 0.6 is 0 Å². The number of sulfone groups is 1. The van der Waals surface area contributed by atoms with Gasteiger partial charge < -0.3 is 0 Å². The van der Waals surface area contributed by atoms with E-state index in [0.29, 0.717) is 0 Å². The lowest BCUT2D eigenvalue weighted by molar-refractivity contribution is 0.494. The van der Waals surface area contributed by atoms with E-state index in [1.165, 1.54) is 6.26 Å². The average Bonchev–Trinajstić information content (AvgIpc) is 2.97. The van der Waals surface area contributed by atoms with Gasteiger partial charge in [-0.2, -0.15) is 5.10 Å². The molecule has 0 N–H and O–H groups in total. The fourth-order valence-electron chi connectivity index (χ4n) is 2.69. The normalized spacial score (nSPS) is 16.4. The Hall–Kier alpha value is -2.48. The van der Waals surface area contributed by atoms with Crippen LogP contribution in [0, 0.1) is 0 Å². The average molecular weight is 329 g/mol. The minimum absolute atomic E-state index is 0.186. The molecule has 2 heterocycles. The zero-order valence-electron chi connectivity index (χ0n) is 12.5. The van der Waals surface area contributed by atoms with Gasteiger partial charge in [0, 0.05) is 18.6 Å². The first kappa shape index (κ1) is 14.1. The topological polar surface area (TPSA) is 82.7 Å². The Balaban J connectivity index is 1.67. The molecule has 0 unspecified atom stereocenters. The second-order valence-corrected chi connectivity index (χ2v) is 7.81. The van der Waals surface area contributed by atoms with Crippen LogP contribution in [0.5, 0.6) is 0 Å². The summed E-state index contributed by atoms with van der Waals surface area (Å²) in [6, 6.07) is 8.50. The minimum Gasteiger partial charge on any atom is -0.260 e. The van der Waals surface area contributed by atoms with Crippen molar-refractivity contribution in [2.75, 3.05) is 6.26 Å². The lowest BCUT2D eigenvalue weighted by Crippen LogP contribution is -2.19. The van der Waals surface area contributed by atoms with E-state index in [2.05, 4.69) is 15.4 Å². The second-order valence-electron chi connectivity index (χ2n) is 5.80. The van der Waals surface area contributed by atoms with Gasteiger partial charge in [0.15, 0.2) is 9.84 Å². The van der Waals surface area contributed by atoms with Gasteiger partial charge in [0.25, 0.3) is 0 Å². The van der Waals surface area contributed by atoms with Crippen LogP contribution in [0.1, 0.15) is 18.5 Å². The molecule has 0 spiro atoms. The Morgan fingerprint density at radius 3 is 2.48 bits per heavy atom. The molecule has 118 valence electrons. The maximum Gasteiger partial charge on any atom is 0.175 e. The summed E-state index contributed by atoms with van der Waals surface area (Å²) in [4.78, 5) is 0.289. The van der Waals surface area contributed by atoms with E-state index < -0.39 is 9.84 Å². The molecule has 1 saturated carbocycles. The van der Waals surface area contributed by atoms with Crippen LogP contribution in [0.2, 0.25) is 0 Å². The third kappa shape index (κ3) is 2.35. The van der Waals surface area contributed by atoms with Crippen molar-refractivity contribution >= 4 is 9.84 Å². The maximum atomic E-state index is 11.5. The zero-order valence-corrected chi connectivity index (χ0v) is 13.3. The Bertz CT molecular complexity index is 938. The Morgan fingerprint density at radius 1 is 1.17 bits per heavy atom. The molecule has 0 atom stereocenters. The first-order valence-corrected chi connectivity index (χ1v) is 9.12. The van der Waals surface area contributed by atoms with Crippen molar-refractivity contribution in [2.45, 2.75) is 23.3 Å². The lowest BCUT2D eigenvalue weighted by Gasteiger charge is -2.11. The van der Waals surface area contributed by atoms with E-state index in [1.54, 1.807) is 35.1 Å². The summed E-state index contributed by atoms with van der Waals surface area (Å²) in [6.45, 7) is 0. The highest BCUT2D eigenvalue weighted by molar-refractivity contribution is 7.90. The molecule has 0 amide bonds. The van der Waals surface area contributed by atoms with E-state index in [0.717, 1.165) is 24.2 Å². The van der Waals surface area contributed by atoms with Crippen LogP contribution in [0.3, 0.4) is 0 Å². The molecule has 1 fully saturated rings. The van der Waals surface area contributed by atoms with E-state index in [1.807, 2.05) is 23.1 Å².